The van der Waals surface area contributed by atoms with Gasteiger partial charge in [-0.25, -0.2) is 9.59 Å². The number of carboxylic acid groups (broad SMARTS) is 1. The van der Waals surface area contributed by atoms with Crippen LogP contribution in [0.3, 0.4) is 0 Å². The largest absolute Gasteiger partial charge is 0.480 e. The van der Waals surface area contributed by atoms with Crippen LogP contribution in [0.5, 0.6) is 0 Å². The smallest absolute Gasteiger partial charge is 0.407 e. The van der Waals surface area contributed by atoms with Crippen LogP contribution in [0.25, 0.3) is 10.4 Å². The number of alkyl carbamates (subject to hydrolysis) is 1. The molecule has 0 aromatic carbocycles. The van der Waals surface area contributed by atoms with Crippen LogP contribution in [-0.2, 0) is 29.1 Å². The van der Waals surface area contributed by atoms with Gasteiger partial charge in [0.05, 0.1) is 32.2 Å². The van der Waals surface area contributed by atoms with Crippen LogP contribution in [0, 0.1) is 0 Å². The lowest BCUT2D eigenvalue weighted by atomic mass is 10.2. The zero-order chi connectivity index (χ0) is 19.1. The number of amides is 1. The minimum absolute atomic E-state index is 0.0376. The molecule has 3 N–H and O–H groups in total. The molecule has 144 valence electrons. The van der Waals surface area contributed by atoms with Crippen molar-refractivity contribution in [1.29, 1.82) is 0 Å². The van der Waals surface area contributed by atoms with E-state index in [0.29, 0.717) is 0 Å². The SMILES string of the molecule is [N-]=[N+]=NCCOCCOCCOC(=O)N[C@@H](CCS(=O)(=O)O)C(=O)O. The number of carboxylic acids is 1. The number of rotatable bonds is 14. The predicted molar refractivity (Wildman–Crippen MR) is 82.6 cm³/mol. The van der Waals surface area contributed by atoms with Gasteiger partial charge in [-0.3, -0.25) is 4.55 Å². The fourth-order valence-electron chi connectivity index (χ4n) is 1.37. The summed E-state index contributed by atoms with van der Waals surface area (Å²) in [6.07, 6.45) is -1.57. The maximum Gasteiger partial charge on any atom is 0.407 e. The van der Waals surface area contributed by atoms with Crippen LogP contribution in [0.2, 0.25) is 0 Å². The quantitative estimate of drug-likeness (QED) is 0.119. The van der Waals surface area contributed by atoms with E-state index in [0.717, 1.165) is 0 Å². The van der Waals surface area contributed by atoms with Gasteiger partial charge >= 0.3 is 12.1 Å². The molecule has 0 fully saturated rings. The Morgan fingerprint density at radius 3 is 2.32 bits per heavy atom. The van der Waals surface area contributed by atoms with E-state index >= 15 is 0 Å². The maximum atomic E-state index is 11.4. The summed E-state index contributed by atoms with van der Waals surface area (Å²) < 4.78 is 44.5. The van der Waals surface area contributed by atoms with Crippen molar-refractivity contribution in [2.45, 2.75) is 12.5 Å². The van der Waals surface area contributed by atoms with Gasteiger partial charge in [0.1, 0.15) is 12.6 Å². The summed E-state index contributed by atoms with van der Waals surface area (Å²) in [4.78, 5) is 24.8. The number of azide groups is 1. The number of carbonyl (C=O) groups is 2. The van der Waals surface area contributed by atoms with Crippen molar-refractivity contribution in [1.82, 2.24) is 5.32 Å². The van der Waals surface area contributed by atoms with Gasteiger partial charge in [0.15, 0.2) is 0 Å². The summed E-state index contributed by atoms with van der Waals surface area (Å²) >= 11 is 0. The highest BCUT2D eigenvalue weighted by molar-refractivity contribution is 7.85. The van der Waals surface area contributed by atoms with E-state index in [9.17, 15) is 18.0 Å². The average molecular weight is 384 g/mol. The molecule has 0 aliphatic carbocycles. The lowest BCUT2D eigenvalue weighted by Crippen LogP contribution is -2.42. The Bertz CT molecular complexity index is 562. The number of carbonyl (C=O) groups excluding carboxylic acids is 1. The predicted octanol–water partition coefficient (Wildman–Crippen LogP) is -0.213. The van der Waals surface area contributed by atoms with Gasteiger partial charge in [-0.05, 0) is 12.0 Å². The van der Waals surface area contributed by atoms with Crippen molar-refractivity contribution in [3.63, 3.8) is 0 Å². The van der Waals surface area contributed by atoms with E-state index < -0.39 is 40.4 Å². The highest BCUT2D eigenvalue weighted by Gasteiger charge is 2.22. The molecular weight excluding hydrogens is 364 g/mol. The molecule has 0 bridgehead atoms. The number of hydrogen-bond acceptors (Lipinski definition) is 8. The first-order chi connectivity index (χ1) is 11.8. The molecule has 0 spiro atoms. The average Bonchev–Trinajstić information content (AvgIpc) is 2.52. The van der Waals surface area contributed by atoms with Gasteiger partial charge in [0, 0.05) is 11.5 Å². The first kappa shape index (κ1) is 22.9. The highest BCUT2D eigenvalue weighted by Crippen LogP contribution is 1.98. The molecule has 0 radical (unpaired) electrons. The summed E-state index contributed by atoms with van der Waals surface area (Å²) in [5, 5.41) is 14.1. The second-order valence-electron chi connectivity index (χ2n) is 4.43. The van der Waals surface area contributed by atoms with Crippen LogP contribution < -0.4 is 5.32 Å². The van der Waals surface area contributed by atoms with Crippen molar-refractivity contribution in [3.05, 3.63) is 10.4 Å². The van der Waals surface area contributed by atoms with Crippen LogP contribution in [0.1, 0.15) is 6.42 Å². The number of nitrogens with zero attached hydrogens (tertiary/aromatic N) is 3. The summed E-state index contributed by atoms with van der Waals surface area (Å²) in [6.45, 7) is 0.816. The van der Waals surface area contributed by atoms with Crippen molar-refractivity contribution >= 4 is 22.2 Å². The monoisotopic (exact) mass is 384 g/mol. The number of nitrogens with one attached hydrogen (secondary N) is 1. The second kappa shape index (κ2) is 13.2. The number of ether oxygens (including phenoxy) is 3. The highest BCUT2D eigenvalue weighted by atomic mass is 32.2. The van der Waals surface area contributed by atoms with Crippen LogP contribution in [0.15, 0.2) is 5.11 Å². The Balaban J connectivity index is 3.79. The standard InChI is InChI=1S/C11H20N4O9S/c12-15-13-2-3-22-4-5-23-6-7-24-11(18)14-9(10(16)17)1-8-25(19,20)21/h9H,1-8H2,(H,14,18)(H,16,17)(H,19,20,21)/t9-/m0/s1. The van der Waals surface area contributed by atoms with Gasteiger partial charge in [-0.15, -0.1) is 0 Å². The number of hydrogen-bond donors (Lipinski definition) is 3. The molecule has 0 aliphatic rings. The third kappa shape index (κ3) is 15.2. The van der Waals surface area contributed by atoms with E-state index in [-0.39, 0.29) is 39.6 Å². The van der Waals surface area contributed by atoms with E-state index in [1.165, 1.54) is 0 Å². The molecular formula is C11H20N4O9S. The van der Waals surface area contributed by atoms with E-state index in [4.69, 9.17) is 24.7 Å². The van der Waals surface area contributed by atoms with E-state index in [1.54, 1.807) is 0 Å². The van der Waals surface area contributed by atoms with Crippen molar-refractivity contribution in [2.75, 3.05) is 45.3 Å². The molecule has 0 saturated heterocycles. The van der Waals surface area contributed by atoms with Gasteiger partial charge in [-0.1, -0.05) is 5.11 Å². The maximum absolute atomic E-state index is 11.4. The van der Waals surface area contributed by atoms with Crippen LogP contribution in [0.4, 0.5) is 4.79 Å². The zero-order valence-corrected chi connectivity index (χ0v) is 14.1. The number of aliphatic carboxylic acids is 1. The Labute approximate surface area is 143 Å². The summed E-state index contributed by atoms with van der Waals surface area (Å²) in [6, 6.07) is -1.51. The summed E-state index contributed by atoms with van der Waals surface area (Å²) in [5.74, 6) is -2.28. The van der Waals surface area contributed by atoms with Crippen LogP contribution >= 0.6 is 0 Å². The summed E-state index contributed by atoms with van der Waals surface area (Å²) in [7, 11) is -4.34. The molecule has 14 heteroatoms. The molecule has 0 aromatic heterocycles. The first-order valence-electron chi connectivity index (χ1n) is 7.04. The Hall–Kier alpha value is -2.12. The first-order valence-corrected chi connectivity index (χ1v) is 8.64. The van der Waals surface area contributed by atoms with E-state index in [1.807, 2.05) is 5.32 Å². The molecule has 1 amide bonds. The van der Waals surface area contributed by atoms with Gasteiger partial charge in [-0.2, -0.15) is 8.42 Å². The molecule has 25 heavy (non-hydrogen) atoms. The van der Waals surface area contributed by atoms with Crippen molar-refractivity contribution in [2.24, 2.45) is 5.11 Å². The molecule has 0 heterocycles. The molecule has 0 saturated carbocycles. The van der Waals surface area contributed by atoms with Crippen molar-refractivity contribution < 1.29 is 41.9 Å². The third-order valence-corrected chi connectivity index (χ3v) is 3.24. The third-order valence-electron chi connectivity index (χ3n) is 2.49. The minimum atomic E-state index is -4.34. The van der Waals surface area contributed by atoms with Gasteiger partial charge in [0.2, 0.25) is 0 Å². The minimum Gasteiger partial charge on any atom is -0.480 e. The summed E-state index contributed by atoms with van der Waals surface area (Å²) in [5.41, 5.74) is 8.02. The Kier molecular flexibility index (Phi) is 12.1. The second-order valence-corrected chi connectivity index (χ2v) is 6.00. The molecule has 0 unspecified atom stereocenters. The Morgan fingerprint density at radius 1 is 1.16 bits per heavy atom. The van der Waals surface area contributed by atoms with Crippen molar-refractivity contribution in [3.8, 4) is 0 Å². The molecule has 0 rings (SSSR count). The zero-order valence-electron chi connectivity index (χ0n) is 13.2. The molecule has 0 aliphatic heterocycles. The fourth-order valence-corrected chi connectivity index (χ4v) is 1.91. The fraction of sp³-hybridized carbons (Fsp3) is 0.818. The normalized spacial score (nSPS) is 12.0. The van der Waals surface area contributed by atoms with Crippen LogP contribution in [-0.4, -0.2) is 81.5 Å². The van der Waals surface area contributed by atoms with Gasteiger partial charge in [0.25, 0.3) is 10.1 Å². The van der Waals surface area contributed by atoms with Gasteiger partial charge < -0.3 is 24.6 Å². The lowest BCUT2D eigenvalue weighted by molar-refractivity contribution is -0.139. The van der Waals surface area contributed by atoms with E-state index in [2.05, 4.69) is 14.8 Å². The topological polar surface area (TPSA) is 197 Å². The Morgan fingerprint density at radius 2 is 1.76 bits per heavy atom. The lowest BCUT2D eigenvalue weighted by Gasteiger charge is -2.13. The molecule has 1 atom stereocenters. The molecule has 0 aromatic rings. The molecule has 13 nitrogen and oxygen atoms in total.